The van der Waals surface area contributed by atoms with Crippen LogP contribution in [0.4, 0.5) is 5.00 Å². The van der Waals surface area contributed by atoms with Crippen LogP contribution in [0.15, 0.2) is 23.4 Å². The van der Waals surface area contributed by atoms with Crippen molar-refractivity contribution in [2.75, 3.05) is 11.1 Å². The standard InChI is InChI=1S/C21H19Cl2N5OS2/c1-11-3-5-13-15(9-24)20(31-17(13)7-11)25-18(29)10-30-21-27-26-19(28(21)2)14-6-4-12(22)8-16(14)23/h4,6,8,11H,3,5,7,10H2,1-2H3,(H,25,29). The minimum Gasteiger partial charge on any atom is -0.316 e. The van der Waals surface area contributed by atoms with E-state index in [0.717, 1.165) is 30.4 Å². The molecule has 2 aromatic heterocycles. The van der Waals surface area contributed by atoms with E-state index in [2.05, 4.69) is 28.5 Å². The Morgan fingerprint density at radius 3 is 2.97 bits per heavy atom. The summed E-state index contributed by atoms with van der Waals surface area (Å²) < 4.78 is 1.79. The molecule has 2 heterocycles. The third-order valence-electron chi connectivity index (χ3n) is 5.22. The molecule has 160 valence electrons. The number of aromatic nitrogens is 3. The SMILES string of the molecule is CC1CCc2c(sc(NC(=O)CSc3nnc(-c4ccc(Cl)cc4Cl)n3C)c2C#N)C1. The molecule has 1 amide bonds. The van der Waals surface area contributed by atoms with Crippen molar-refractivity contribution in [3.05, 3.63) is 44.2 Å². The number of thioether (sulfide) groups is 1. The minimum atomic E-state index is -0.178. The molecule has 0 fully saturated rings. The van der Waals surface area contributed by atoms with Gasteiger partial charge in [-0.3, -0.25) is 4.79 Å². The smallest absolute Gasteiger partial charge is 0.235 e. The number of anilines is 1. The van der Waals surface area contributed by atoms with E-state index < -0.39 is 0 Å². The molecular weight excluding hydrogens is 473 g/mol. The number of hydrogen-bond donors (Lipinski definition) is 1. The fourth-order valence-electron chi connectivity index (χ4n) is 3.60. The number of nitriles is 1. The monoisotopic (exact) mass is 491 g/mol. The summed E-state index contributed by atoms with van der Waals surface area (Å²) in [4.78, 5) is 13.8. The van der Waals surface area contributed by atoms with Gasteiger partial charge >= 0.3 is 0 Å². The number of rotatable bonds is 5. The Labute approximate surface area is 198 Å². The van der Waals surface area contributed by atoms with Gasteiger partial charge in [0.05, 0.1) is 16.3 Å². The highest BCUT2D eigenvalue weighted by Gasteiger charge is 2.25. The molecule has 0 saturated carbocycles. The maximum absolute atomic E-state index is 12.6. The van der Waals surface area contributed by atoms with E-state index in [9.17, 15) is 10.1 Å². The number of benzene rings is 1. The van der Waals surface area contributed by atoms with Crippen LogP contribution < -0.4 is 5.32 Å². The Kier molecular flexibility index (Phi) is 6.58. The van der Waals surface area contributed by atoms with Gasteiger partial charge < -0.3 is 9.88 Å². The first-order valence-corrected chi connectivity index (χ1v) is 12.2. The van der Waals surface area contributed by atoms with Crippen LogP contribution in [0.3, 0.4) is 0 Å². The molecule has 1 N–H and O–H groups in total. The van der Waals surface area contributed by atoms with Crippen LogP contribution in [-0.2, 0) is 24.7 Å². The first kappa shape index (κ1) is 22.2. The number of hydrogen-bond acceptors (Lipinski definition) is 6. The van der Waals surface area contributed by atoms with Crippen molar-refractivity contribution >= 4 is 57.2 Å². The molecule has 0 spiro atoms. The van der Waals surface area contributed by atoms with E-state index >= 15 is 0 Å². The summed E-state index contributed by atoms with van der Waals surface area (Å²) in [6, 6.07) is 7.46. The summed E-state index contributed by atoms with van der Waals surface area (Å²) in [7, 11) is 1.82. The second-order valence-electron chi connectivity index (χ2n) is 7.49. The fraction of sp³-hybridized carbons (Fsp3) is 0.333. The van der Waals surface area contributed by atoms with Crippen LogP contribution in [0.5, 0.6) is 0 Å². The molecule has 31 heavy (non-hydrogen) atoms. The van der Waals surface area contributed by atoms with E-state index in [-0.39, 0.29) is 11.7 Å². The van der Waals surface area contributed by atoms with Crippen molar-refractivity contribution in [1.82, 2.24) is 14.8 Å². The summed E-state index contributed by atoms with van der Waals surface area (Å²) in [6.07, 6.45) is 2.94. The number of fused-ring (bicyclic) bond motifs is 1. The van der Waals surface area contributed by atoms with Crippen LogP contribution in [0.1, 0.15) is 29.3 Å². The summed E-state index contributed by atoms with van der Waals surface area (Å²) in [5.74, 6) is 1.18. The second kappa shape index (κ2) is 9.21. The largest absolute Gasteiger partial charge is 0.316 e. The number of nitrogens with one attached hydrogen (secondary N) is 1. The van der Waals surface area contributed by atoms with Crippen molar-refractivity contribution < 1.29 is 4.79 Å². The van der Waals surface area contributed by atoms with Crippen LogP contribution in [0.25, 0.3) is 11.4 Å². The molecule has 4 rings (SSSR count). The molecule has 0 bridgehead atoms. The van der Waals surface area contributed by atoms with Crippen LogP contribution in [-0.4, -0.2) is 26.4 Å². The molecule has 10 heteroatoms. The maximum Gasteiger partial charge on any atom is 0.235 e. The van der Waals surface area contributed by atoms with Crippen molar-refractivity contribution in [2.24, 2.45) is 13.0 Å². The zero-order valence-electron chi connectivity index (χ0n) is 16.9. The van der Waals surface area contributed by atoms with Gasteiger partial charge in [-0.05, 0) is 48.9 Å². The van der Waals surface area contributed by atoms with E-state index in [1.165, 1.54) is 28.0 Å². The lowest BCUT2D eigenvalue weighted by Crippen LogP contribution is -2.14. The lowest BCUT2D eigenvalue weighted by molar-refractivity contribution is -0.113. The molecule has 0 saturated heterocycles. The molecule has 0 aliphatic heterocycles. The average molecular weight is 492 g/mol. The van der Waals surface area contributed by atoms with Gasteiger partial charge in [0.15, 0.2) is 11.0 Å². The van der Waals surface area contributed by atoms with Crippen molar-refractivity contribution in [1.29, 1.82) is 5.26 Å². The first-order chi connectivity index (χ1) is 14.9. The van der Waals surface area contributed by atoms with E-state index in [4.69, 9.17) is 23.2 Å². The lowest BCUT2D eigenvalue weighted by Gasteiger charge is -2.17. The van der Waals surface area contributed by atoms with Gasteiger partial charge in [0, 0.05) is 22.5 Å². The zero-order chi connectivity index (χ0) is 22.1. The summed E-state index contributed by atoms with van der Waals surface area (Å²) in [5.41, 5.74) is 2.43. The van der Waals surface area contributed by atoms with Gasteiger partial charge in [0.1, 0.15) is 11.1 Å². The molecule has 1 aromatic carbocycles. The van der Waals surface area contributed by atoms with Crippen LogP contribution in [0.2, 0.25) is 10.0 Å². The minimum absolute atomic E-state index is 0.157. The highest BCUT2D eigenvalue weighted by Crippen LogP contribution is 2.39. The number of thiophene rings is 1. The molecule has 6 nitrogen and oxygen atoms in total. The normalized spacial score (nSPS) is 15.4. The Morgan fingerprint density at radius 2 is 2.23 bits per heavy atom. The van der Waals surface area contributed by atoms with Crippen molar-refractivity contribution in [3.63, 3.8) is 0 Å². The van der Waals surface area contributed by atoms with Crippen LogP contribution >= 0.6 is 46.3 Å². The fourth-order valence-corrected chi connectivity index (χ4v) is 6.18. The topological polar surface area (TPSA) is 83.6 Å². The van der Waals surface area contributed by atoms with E-state index in [1.807, 2.05) is 7.05 Å². The zero-order valence-corrected chi connectivity index (χ0v) is 20.1. The average Bonchev–Trinajstić information content (AvgIpc) is 3.25. The Morgan fingerprint density at radius 1 is 1.42 bits per heavy atom. The Balaban J connectivity index is 1.45. The number of carbonyl (C=O) groups excluding carboxylic acids is 1. The molecule has 1 unspecified atom stereocenters. The van der Waals surface area contributed by atoms with Gasteiger partial charge in [0.25, 0.3) is 0 Å². The second-order valence-corrected chi connectivity index (χ2v) is 10.4. The Bertz CT molecular complexity index is 1200. The van der Waals surface area contributed by atoms with Gasteiger partial charge in [-0.2, -0.15) is 5.26 Å². The van der Waals surface area contributed by atoms with Gasteiger partial charge in [-0.25, -0.2) is 0 Å². The van der Waals surface area contributed by atoms with Gasteiger partial charge in [-0.1, -0.05) is 41.9 Å². The first-order valence-electron chi connectivity index (χ1n) is 9.69. The van der Waals surface area contributed by atoms with Crippen molar-refractivity contribution in [3.8, 4) is 17.5 Å². The number of carbonyl (C=O) groups is 1. The predicted molar refractivity (Wildman–Crippen MR) is 126 cm³/mol. The maximum atomic E-state index is 12.6. The number of amides is 1. The predicted octanol–water partition coefficient (Wildman–Crippen LogP) is 5.58. The third-order valence-corrected chi connectivity index (χ3v) is 7.95. The van der Waals surface area contributed by atoms with E-state index in [0.29, 0.717) is 37.5 Å². The molecule has 1 aliphatic rings. The molecule has 3 aromatic rings. The number of nitrogens with zero attached hydrogens (tertiary/aromatic N) is 4. The van der Waals surface area contributed by atoms with Gasteiger partial charge in [0.2, 0.25) is 5.91 Å². The summed E-state index contributed by atoms with van der Waals surface area (Å²) in [6.45, 7) is 2.22. The summed E-state index contributed by atoms with van der Waals surface area (Å²) in [5, 5.41) is 23.2. The lowest BCUT2D eigenvalue weighted by atomic mass is 9.89. The molecule has 1 atom stereocenters. The van der Waals surface area contributed by atoms with Gasteiger partial charge in [-0.15, -0.1) is 21.5 Å². The number of halogens is 2. The summed E-state index contributed by atoms with van der Waals surface area (Å²) >= 11 is 15.1. The van der Waals surface area contributed by atoms with Crippen molar-refractivity contribution in [2.45, 2.75) is 31.3 Å². The van der Waals surface area contributed by atoms with Crippen LogP contribution in [0, 0.1) is 17.2 Å². The quantitative estimate of drug-likeness (QED) is 0.471. The third kappa shape index (κ3) is 4.60. The molecule has 0 radical (unpaired) electrons. The highest BCUT2D eigenvalue weighted by atomic mass is 35.5. The molecule has 1 aliphatic carbocycles. The Hall–Kier alpha value is -2.05. The molecular formula is C21H19Cl2N5OS2. The van der Waals surface area contributed by atoms with E-state index in [1.54, 1.807) is 22.8 Å². The highest BCUT2D eigenvalue weighted by molar-refractivity contribution is 7.99.